The third-order valence-corrected chi connectivity index (χ3v) is 10.4. The van der Waals surface area contributed by atoms with E-state index in [1.165, 1.54) is 6.07 Å². The van der Waals surface area contributed by atoms with Crippen LogP contribution >= 0.6 is 22.9 Å². The molecule has 1 aliphatic carbocycles. The second-order valence-electron chi connectivity index (χ2n) is 9.29. The van der Waals surface area contributed by atoms with Gasteiger partial charge in [-0.2, -0.15) is 4.72 Å². The number of nitrogens with one attached hydrogen (secondary N) is 2. The van der Waals surface area contributed by atoms with E-state index in [1.807, 2.05) is 0 Å². The van der Waals surface area contributed by atoms with Gasteiger partial charge in [-0.15, -0.1) is 11.3 Å². The lowest BCUT2D eigenvalue weighted by Gasteiger charge is -2.25. The summed E-state index contributed by atoms with van der Waals surface area (Å²) in [7, 11) is -4.20. The third kappa shape index (κ3) is 4.80. The van der Waals surface area contributed by atoms with Crippen LogP contribution in [-0.4, -0.2) is 50.2 Å². The number of halogens is 1. The highest BCUT2D eigenvalue weighted by atomic mass is 35.5. The van der Waals surface area contributed by atoms with Gasteiger partial charge in [0.2, 0.25) is 5.91 Å². The van der Waals surface area contributed by atoms with E-state index in [1.54, 1.807) is 60.7 Å². The van der Waals surface area contributed by atoms with Crippen LogP contribution in [0.15, 0.2) is 70.9 Å². The van der Waals surface area contributed by atoms with Gasteiger partial charge in [-0.1, -0.05) is 54.1 Å². The molecular formula is C26H25ClN2O6S2. The molecule has 3 N–H and O–H groups in total. The highest BCUT2D eigenvalue weighted by Gasteiger charge is 2.75. The number of ether oxygens (including phenoxy) is 1. The van der Waals surface area contributed by atoms with E-state index in [-0.39, 0.29) is 23.1 Å². The number of carboxylic acid groups (broad SMARTS) is 1. The summed E-state index contributed by atoms with van der Waals surface area (Å²) in [5.74, 6) is -1.63. The average molecular weight is 561 g/mol. The first-order valence-electron chi connectivity index (χ1n) is 11.7. The molecule has 2 heterocycles. The molecule has 3 atom stereocenters. The van der Waals surface area contributed by atoms with Gasteiger partial charge < -0.3 is 15.2 Å². The number of amides is 1. The fourth-order valence-corrected chi connectivity index (χ4v) is 7.80. The topological polar surface area (TPSA) is 122 Å². The number of hydrogen-bond donors (Lipinski definition) is 3. The first-order valence-corrected chi connectivity index (χ1v) is 14.4. The molecule has 1 aromatic heterocycles. The maximum Gasteiger partial charge on any atom is 0.325 e. The van der Waals surface area contributed by atoms with Crippen LogP contribution in [0, 0.1) is 0 Å². The monoisotopic (exact) mass is 560 g/mol. The summed E-state index contributed by atoms with van der Waals surface area (Å²) in [5, 5.41) is 13.7. The van der Waals surface area contributed by atoms with Crippen molar-refractivity contribution in [2.24, 2.45) is 0 Å². The normalized spacial score (nSPS) is 25.1. The molecule has 0 bridgehead atoms. The SMILES string of the molecule is O=C(NCC1(c2ccccc2)CC1(NS(=O)(=O)c1ccc(-c2ccc(Cl)cc2)s1)C(=O)O)[C@@H]1CCCO1. The van der Waals surface area contributed by atoms with Crippen LogP contribution in [0.4, 0.5) is 0 Å². The lowest BCUT2D eigenvalue weighted by atomic mass is 9.90. The van der Waals surface area contributed by atoms with E-state index in [0.717, 1.165) is 23.3 Å². The van der Waals surface area contributed by atoms with Crippen LogP contribution in [-0.2, 0) is 29.8 Å². The van der Waals surface area contributed by atoms with Crippen molar-refractivity contribution in [1.29, 1.82) is 0 Å². The first-order chi connectivity index (χ1) is 17.7. The zero-order valence-corrected chi connectivity index (χ0v) is 22.0. The summed E-state index contributed by atoms with van der Waals surface area (Å²) >= 11 is 6.99. The van der Waals surface area contributed by atoms with Crippen molar-refractivity contribution < 1.29 is 27.9 Å². The van der Waals surface area contributed by atoms with E-state index in [2.05, 4.69) is 10.0 Å². The molecule has 0 spiro atoms. The second kappa shape index (κ2) is 9.85. The van der Waals surface area contributed by atoms with Gasteiger partial charge in [-0.3, -0.25) is 9.59 Å². The Morgan fingerprint density at radius 1 is 1.08 bits per heavy atom. The standard InChI is InChI=1S/C26H25ClN2O6S2/c27-19-10-8-17(9-11-19)21-12-13-22(36-21)37(33,34)29-26(24(31)32)15-25(26,18-5-2-1-3-6-18)16-28-23(30)20-7-4-14-35-20/h1-3,5-6,8-13,20,29H,4,7,14-16H2,(H,28,30)(H,31,32)/t20-,25?,26?/m0/s1. The molecule has 194 valence electrons. The van der Waals surface area contributed by atoms with Crippen molar-refractivity contribution >= 4 is 44.8 Å². The molecular weight excluding hydrogens is 536 g/mol. The lowest BCUT2D eigenvalue weighted by Crippen LogP contribution is -2.52. The van der Waals surface area contributed by atoms with E-state index in [0.29, 0.717) is 28.5 Å². The predicted molar refractivity (Wildman–Crippen MR) is 140 cm³/mol. The van der Waals surface area contributed by atoms with Gasteiger partial charge >= 0.3 is 5.97 Å². The van der Waals surface area contributed by atoms with Crippen molar-refractivity contribution in [2.75, 3.05) is 13.2 Å². The van der Waals surface area contributed by atoms with E-state index < -0.39 is 33.1 Å². The van der Waals surface area contributed by atoms with Gasteiger partial charge in [-0.25, -0.2) is 8.42 Å². The molecule has 37 heavy (non-hydrogen) atoms. The van der Waals surface area contributed by atoms with Crippen LogP contribution in [0.5, 0.6) is 0 Å². The molecule has 0 radical (unpaired) electrons. The first kappa shape index (κ1) is 25.9. The van der Waals surface area contributed by atoms with Crippen molar-refractivity contribution in [2.45, 2.75) is 40.5 Å². The molecule has 5 rings (SSSR count). The molecule has 2 aliphatic rings. The van der Waals surface area contributed by atoms with Gasteiger partial charge in [0.25, 0.3) is 10.0 Å². The van der Waals surface area contributed by atoms with Gasteiger partial charge in [0.05, 0.1) is 0 Å². The predicted octanol–water partition coefficient (Wildman–Crippen LogP) is 3.81. The van der Waals surface area contributed by atoms with E-state index in [4.69, 9.17) is 16.3 Å². The van der Waals surface area contributed by atoms with Crippen LogP contribution < -0.4 is 10.0 Å². The largest absolute Gasteiger partial charge is 0.480 e. The Balaban J connectivity index is 1.44. The quantitative estimate of drug-likeness (QED) is 0.366. The smallest absolute Gasteiger partial charge is 0.325 e. The maximum atomic E-state index is 13.5. The number of carbonyl (C=O) groups excluding carboxylic acids is 1. The third-order valence-electron chi connectivity index (χ3n) is 7.02. The minimum atomic E-state index is -4.20. The molecule has 1 saturated heterocycles. The van der Waals surface area contributed by atoms with Crippen molar-refractivity contribution in [3.8, 4) is 10.4 Å². The Kier molecular flexibility index (Phi) is 6.88. The fraction of sp³-hybridized carbons (Fsp3) is 0.308. The second-order valence-corrected chi connectivity index (χ2v) is 12.7. The van der Waals surface area contributed by atoms with Crippen LogP contribution in [0.3, 0.4) is 0 Å². The molecule has 2 aromatic carbocycles. The molecule has 2 unspecified atom stereocenters. The van der Waals surface area contributed by atoms with Crippen molar-refractivity contribution in [1.82, 2.24) is 10.0 Å². The lowest BCUT2D eigenvalue weighted by molar-refractivity contribution is -0.141. The molecule has 1 aliphatic heterocycles. The van der Waals surface area contributed by atoms with E-state index >= 15 is 0 Å². The van der Waals surface area contributed by atoms with Crippen LogP contribution in [0.1, 0.15) is 24.8 Å². The zero-order chi connectivity index (χ0) is 26.3. The summed E-state index contributed by atoms with van der Waals surface area (Å²) in [5.41, 5.74) is -1.58. The molecule has 2 fully saturated rings. The minimum Gasteiger partial charge on any atom is -0.480 e. The summed E-state index contributed by atoms with van der Waals surface area (Å²) in [6.07, 6.45) is 0.772. The maximum absolute atomic E-state index is 13.5. The summed E-state index contributed by atoms with van der Waals surface area (Å²) in [6, 6.07) is 18.9. The van der Waals surface area contributed by atoms with Gasteiger partial charge in [0.1, 0.15) is 15.9 Å². The number of thiophene rings is 1. The van der Waals surface area contributed by atoms with Gasteiger partial charge in [0.15, 0.2) is 0 Å². The number of aliphatic carboxylic acids is 1. The average Bonchev–Trinajstić information content (AvgIpc) is 3.29. The Labute approximate surface area is 223 Å². The Hall–Kier alpha value is -2.76. The molecule has 3 aromatic rings. The summed E-state index contributed by atoms with van der Waals surface area (Å²) in [4.78, 5) is 26.0. The Morgan fingerprint density at radius 2 is 1.81 bits per heavy atom. The zero-order valence-electron chi connectivity index (χ0n) is 19.6. The van der Waals surface area contributed by atoms with Gasteiger partial charge in [-0.05, 0) is 54.7 Å². The van der Waals surface area contributed by atoms with Crippen molar-refractivity contribution in [3.63, 3.8) is 0 Å². The summed E-state index contributed by atoms with van der Waals surface area (Å²) < 4.78 is 34.9. The molecule has 8 nitrogen and oxygen atoms in total. The summed E-state index contributed by atoms with van der Waals surface area (Å²) in [6.45, 7) is 0.449. The highest BCUT2D eigenvalue weighted by molar-refractivity contribution is 7.91. The Morgan fingerprint density at radius 3 is 2.46 bits per heavy atom. The van der Waals surface area contributed by atoms with Gasteiger partial charge in [0, 0.05) is 28.5 Å². The number of carbonyl (C=O) groups is 2. The molecule has 11 heteroatoms. The number of carboxylic acids is 1. The number of benzene rings is 2. The van der Waals surface area contributed by atoms with E-state index in [9.17, 15) is 23.1 Å². The molecule has 1 saturated carbocycles. The van der Waals surface area contributed by atoms with Crippen molar-refractivity contribution in [3.05, 3.63) is 77.3 Å². The fourth-order valence-electron chi connectivity index (χ4n) is 4.94. The number of sulfonamides is 1. The Bertz CT molecular complexity index is 1420. The minimum absolute atomic E-state index is 0.00433. The number of rotatable bonds is 9. The highest BCUT2D eigenvalue weighted by Crippen LogP contribution is 2.58. The molecule has 1 amide bonds. The van der Waals surface area contributed by atoms with Crippen LogP contribution in [0.2, 0.25) is 5.02 Å². The number of hydrogen-bond acceptors (Lipinski definition) is 6. The van der Waals surface area contributed by atoms with Crippen LogP contribution in [0.25, 0.3) is 10.4 Å².